The molecule has 4 rings (SSSR count). The molecular weight excluding hydrogens is 338 g/mol. The van der Waals surface area contributed by atoms with E-state index in [1.165, 1.54) is 36.4 Å². The van der Waals surface area contributed by atoms with Crippen molar-refractivity contribution in [3.05, 3.63) is 65.7 Å². The van der Waals surface area contributed by atoms with Gasteiger partial charge in [0.1, 0.15) is 11.6 Å². The van der Waals surface area contributed by atoms with Gasteiger partial charge in [0, 0.05) is 42.7 Å². The minimum atomic E-state index is -0.379. The summed E-state index contributed by atoms with van der Waals surface area (Å²) in [4.78, 5) is 28.5. The first-order valence-electron chi connectivity index (χ1n) is 8.57. The van der Waals surface area contributed by atoms with Gasteiger partial charge >= 0.3 is 0 Å². The highest BCUT2D eigenvalue weighted by Crippen LogP contribution is 2.42. The molecule has 1 atom stereocenters. The Morgan fingerprint density at radius 3 is 2.19 bits per heavy atom. The van der Waals surface area contributed by atoms with Gasteiger partial charge in [0.25, 0.3) is 5.91 Å². The van der Waals surface area contributed by atoms with Crippen LogP contribution in [0.25, 0.3) is 0 Å². The molecule has 0 N–H and O–H groups in total. The van der Waals surface area contributed by atoms with Crippen molar-refractivity contribution in [1.29, 1.82) is 0 Å². The van der Waals surface area contributed by atoms with E-state index in [2.05, 4.69) is 0 Å². The smallest absolute Gasteiger partial charge is 0.253 e. The second kappa shape index (κ2) is 6.20. The average Bonchev–Trinajstić information content (AvgIpc) is 3.19. The number of carbonyl (C=O) groups excluding carboxylic acids is 2. The van der Waals surface area contributed by atoms with E-state index in [1.54, 1.807) is 21.9 Å². The largest absolute Gasteiger partial charge is 0.338 e. The highest BCUT2D eigenvalue weighted by atomic mass is 19.1. The van der Waals surface area contributed by atoms with Gasteiger partial charge in [-0.25, -0.2) is 8.78 Å². The molecule has 0 bridgehead atoms. The monoisotopic (exact) mass is 356 g/mol. The van der Waals surface area contributed by atoms with Crippen LogP contribution in [0.2, 0.25) is 0 Å². The molecule has 2 heterocycles. The van der Waals surface area contributed by atoms with E-state index >= 15 is 0 Å². The zero-order chi connectivity index (χ0) is 18.3. The molecule has 134 valence electrons. The Bertz CT molecular complexity index is 851. The lowest BCUT2D eigenvalue weighted by molar-refractivity contribution is -0.117. The first-order valence-corrected chi connectivity index (χ1v) is 8.57. The summed E-state index contributed by atoms with van der Waals surface area (Å²) in [6, 6.07) is 11.4. The molecule has 2 aliphatic rings. The molecule has 26 heavy (non-hydrogen) atoms. The zero-order valence-electron chi connectivity index (χ0n) is 14.1. The zero-order valence-corrected chi connectivity index (χ0v) is 14.1. The molecular formula is C20H18F2N2O2. The SMILES string of the molecule is O=C(c1ccc(F)cc1)N1CC[C@@]2(CC(=O)N(c3ccc(F)cc3)C2)C1. The Kier molecular flexibility index (Phi) is 3.98. The minimum Gasteiger partial charge on any atom is -0.338 e. The third kappa shape index (κ3) is 2.96. The van der Waals surface area contributed by atoms with Crippen LogP contribution in [0.4, 0.5) is 14.5 Å². The maximum atomic E-state index is 13.1. The highest BCUT2D eigenvalue weighted by molar-refractivity contribution is 5.97. The fourth-order valence-electron chi connectivity index (χ4n) is 3.91. The molecule has 2 aromatic rings. The number of halogens is 2. The van der Waals surface area contributed by atoms with Crippen LogP contribution in [0.3, 0.4) is 0 Å². The van der Waals surface area contributed by atoms with Crippen molar-refractivity contribution in [3.63, 3.8) is 0 Å². The standard InChI is InChI=1S/C20H18F2N2O2/c21-15-3-1-14(2-4-15)19(26)23-10-9-20(12-23)11-18(25)24(13-20)17-7-5-16(22)6-8-17/h1-8H,9-13H2/t20-/m1/s1. The van der Waals surface area contributed by atoms with Crippen LogP contribution >= 0.6 is 0 Å². The van der Waals surface area contributed by atoms with Crippen molar-refractivity contribution < 1.29 is 18.4 Å². The summed E-state index contributed by atoms with van der Waals surface area (Å²) >= 11 is 0. The van der Waals surface area contributed by atoms with Crippen molar-refractivity contribution in [2.24, 2.45) is 5.41 Å². The van der Waals surface area contributed by atoms with E-state index in [9.17, 15) is 18.4 Å². The van der Waals surface area contributed by atoms with Crippen LogP contribution in [0.15, 0.2) is 48.5 Å². The molecule has 2 saturated heterocycles. The van der Waals surface area contributed by atoms with E-state index in [0.29, 0.717) is 37.3 Å². The van der Waals surface area contributed by atoms with E-state index in [4.69, 9.17) is 0 Å². The Hall–Kier alpha value is -2.76. The maximum Gasteiger partial charge on any atom is 0.253 e. The molecule has 0 aliphatic carbocycles. The summed E-state index contributed by atoms with van der Waals surface area (Å²) in [5.41, 5.74) is 0.848. The molecule has 6 heteroatoms. The Balaban J connectivity index is 1.49. The molecule has 1 spiro atoms. The Morgan fingerprint density at radius 1 is 0.923 bits per heavy atom. The summed E-state index contributed by atoms with van der Waals surface area (Å²) in [7, 11) is 0. The van der Waals surface area contributed by atoms with Crippen molar-refractivity contribution in [2.75, 3.05) is 24.5 Å². The number of hydrogen-bond acceptors (Lipinski definition) is 2. The molecule has 2 amide bonds. The van der Waals surface area contributed by atoms with Crippen molar-refractivity contribution in [1.82, 2.24) is 4.90 Å². The lowest BCUT2D eigenvalue weighted by Gasteiger charge is -2.24. The molecule has 0 aromatic heterocycles. The third-order valence-electron chi connectivity index (χ3n) is 5.28. The number of amides is 2. The number of benzene rings is 2. The van der Waals surface area contributed by atoms with Crippen molar-refractivity contribution >= 4 is 17.5 Å². The number of likely N-dealkylation sites (tertiary alicyclic amines) is 1. The third-order valence-corrected chi connectivity index (χ3v) is 5.28. The predicted molar refractivity (Wildman–Crippen MR) is 92.7 cm³/mol. The molecule has 4 nitrogen and oxygen atoms in total. The number of nitrogens with zero attached hydrogens (tertiary/aromatic N) is 2. The lowest BCUT2D eigenvalue weighted by atomic mass is 9.86. The number of hydrogen-bond donors (Lipinski definition) is 0. The van der Waals surface area contributed by atoms with E-state index < -0.39 is 0 Å². The first kappa shape index (κ1) is 16.7. The minimum absolute atomic E-state index is 0.00677. The fraction of sp³-hybridized carbons (Fsp3) is 0.300. The van der Waals surface area contributed by atoms with Gasteiger partial charge in [-0.3, -0.25) is 9.59 Å². The van der Waals surface area contributed by atoms with Crippen LogP contribution in [-0.2, 0) is 4.79 Å². The average molecular weight is 356 g/mol. The number of carbonyl (C=O) groups is 2. The summed E-state index contributed by atoms with van der Waals surface area (Å²) < 4.78 is 26.2. The first-order chi connectivity index (χ1) is 12.5. The highest BCUT2D eigenvalue weighted by Gasteiger charge is 2.48. The van der Waals surface area contributed by atoms with Gasteiger partial charge in [0.05, 0.1) is 0 Å². The molecule has 0 saturated carbocycles. The molecule has 2 aromatic carbocycles. The van der Waals surface area contributed by atoms with Crippen molar-refractivity contribution in [3.8, 4) is 0 Å². The van der Waals surface area contributed by atoms with Gasteiger partial charge in [-0.05, 0) is 55.0 Å². The Morgan fingerprint density at radius 2 is 1.54 bits per heavy atom. The van der Waals surface area contributed by atoms with Gasteiger partial charge in [0.2, 0.25) is 5.91 Å². The van der Waals surface area contributed by atoms with Crippen LogP contribution in [0, 0.1) is 17.0 Å². The van der Waals surface area contributed by atoms with Crippen LogP contribution in [-0.4, -0.2) is 36.3 Å². The van der Waals surface area contributed by atoms with Gasteiger partial charge in [0.15, 0.2) is 0 Å². The number of anilines is 1. The second-order valence-electron chi connectivity index (χ2n) is 7.12. The normalized spacial score (nSPS) is 22.5. The predicted octanol–water partition coefficient (Wildman–Crippen LogP) is 3.23. The summed E-state index contributed by atoms with van der Waals surface area (Å²) in [5, 5.41) is 0. The number of rotatable bonds is 2. The van der Waals surface area contributed by atoms with Gasteiger partial charge in [-0.1, -0.05) is 0 Å². The van der Waals surface area contributed by atoms with Gasteiger partial charge in [-0.2, -0.15) is 0 Å². The molecule has 2 aliphatic heterocycles. The van der Waals surface area contributed by atoms with Crippen molar-refractivity contribution in [2.45, 2.75) is 12.8 Å². The van der Waals surface area contributed by atoms with Crippen LogP contribution < -0.4 is 4.90 Å². The molecule has 0 unspecified atom stereocenters. The van der Waals surface area contributed by atoms with E-state index in [1.807, 2.05) is 0 Å². The quantitative estimate of drug-likeness (QED) is 0.829. The summed E-state index contributed by atoms with van der Waals surface area (Å²) in [6.45, 7) is 1.58. The summed E-state index contributed by atoms with van der Waals surface area (Å²) in [5.74, 6) is -0.870. The van der Waals surface area contributed by atoms with Crippen LogP contribution in [0.1, 0.15) is 23.2 Å². The summed E-state index contributed by atoms with van der Waals surface area (Å²) in [6.07, 6.45) is 1.11. The molecule has 0 radical (unpaired) electrons. The van der Waals surface area contributed by atoms with E-state index in [0.717, 1.165) is 6.42 Å². The second-order valence-corrected chi connectivity index (χ2v) is 7.12. The molecule has 2 fully saturated rings. The van der Waals surface area contributed by atoms with Crippen LogP contribution in [0.5, 0.6) is 0 Å². The topological polar surface area (TPSA) is 40.6 Å². The lowest BCUT2D eigenvalue weighted by Crippen LogP contribution is -2.34. The van der Waals surface area contributed by atoms with Gasteiger partial charge in [-0.15, -0.1) is 0 Å². The Labute approximate surface area is 150 Å². The fourth-order valence-corrected chi connectivity index (χ4v) is 3.91. The van der Waals surface area contributed by atoms with E-state index in [-0.39, 0.29) is 28.9 Å². The van der Waals surface area contributed by atoms with Gasteiger partial charge < -0.3 is 9.80 Å². The maximum absolute atomic E-state index is 13.1.